The Balaban J connectivity index is 3.33. The summed E-state index contributed by atoms with van der Waals surface area (Å²) >= 11 is 5.74. The van der Waals surface area contributed by atoms with Gasteiger partial charge >= 0.3 is 6.18 Å². The minimum Gasteiger partial charge on any atom is -0.403 e. The number of hydrogen-bond donors (Lipinski definition) is 0. The highest BCUT2D eigenvalue weighted by atomic mass is 35.5. The normalized spacial score (nSPS) is 14.2. The van der Waals surface area contributed by atoms with Crippen molar-refractivity contribution in [2.24, 2.45) is 0 Å². The van der Waals surface area contributed by atoms with E-state index in [0.29, 0.717) is 0 Å². The molecule has 1 aromatic rings. The molecule has 0 saturated heterocycles. The van der Waals surface area contributed by atoms with E-state index in [0.717, 1.165) is 18.2 Å². The molecule has 0 heterocycles. The second-order valence-electron chi connectivity index (χ2n) is 5.11. The lowest BCUT2D eigenvalue weighted by molar-refractivity contribution is -0.385. The van der Waals surface area contributed by atoms with Crippen molar-refractivity contribution in [1.82, 2.24) is 0 Å². The fourth-order valence-corrected chi connectivity index (χ4v) is 2.69. The topological polar surface area (TPSA) is 52.4 Å². The van der Waals surface area contributed by atoms with Gasteiger partial charge in [-0.1, -0.05) is 11.6 Å². The van der Waals surface area contributed by atoms with E-state index in [1.807, 2.05) is 0 Å². The molecule has 0 fully saturated rings. The maximum absolute atomic E-state index is 13.1. The van der Waals surface area contributed by atoms with Crippen LogP contribution in [-0.2, 0) is 4.43 Å². The Labute approximate surface area is 119 Å². The highest BCUT2D eigenvalue weighted by Gasteiger charge is 2.45. The minimum absolute atomic E-state index is 0.212. The van der Waals surface area contributed by atoms with Crippen LogP contribution in [0, 0.1) is 10.1 Å². The maximum Gasteiger partial charge on any atom is 0.417 e. The molecule has 0 bridgehead atoms. The second-order valence-corrected chi connectivity index (χ2v) is 9.98. The van der Waals surface area contributed by atoms with Gasteiger partial charge in [-0.2, -0.15) is 13.2 Å². The van der Waals surface area contributed by atoms with Crippen LogP contribution in [0.3, 0.4) is 0 Å². The molecule has 0 aromatic heterocycles. The van der Waals surface area contributed by atoms with Crippen molar-refractivity contribution in [2.45, 2.75) is 31.9 Å². The number of nitro groups is 1. The molecule has 0 radical (unpaired) electrons. The summed E-state index contributed by atoms with van der Waals surface area (Å²) in [7, 11) is -2.53. The maximum atomic E-state index is 13.1. The van der Waals surface area contributed by atoms with Crippen LogP contribution >= 0.6 is 11.6 Å². The summed E-state index contributed by atoms with van der Waals surface area (Å²) in [6.07, 6.45) is -6.96. The Morgan fingerprint density at radius 1 is 1.35 bits per heavy atom. The van der Waals surface area contributed by atoms with E-state index >= 15 is 0 Å². The molecule has 0 aliphatic heterocycles. The van der Waals surface area contributed by atoms with Crippen molar-refractivity contribution in [3.05, 3.63) is 38.9 Å². The summed E-state index contributed by atoms with van der Waals surface area (Å²) in [4.78, 5) is 9.90. The van der Waals surface area contributed by atoms with Crippen LogP contribution in [0.25, 0.3) is 0 Å². The molecule has 4 nitrogen and oxygen atoms in total. The predicted octanol–water partition coefficient (Wildman–Crippen LogP) is 4.70. The average Bonchev–Trinajstić information content (AvgIpc) is 2.24. The van der Waals surface area contributed by atoms with Gasteiger partial charge in [0.1, 0.15) is 0 Å². The van der Waals surface area contributed by atoms with Crippen molar-refractivity contribution in [3.8, 4) is 0 Å². The average molecular weight is 328 g/mol. The summed E-state index contributed by atoms with van der Waals surface area (Å²) in [6.45, 7) is 4.78. The Morgan fingerprint density at radius 3 is 2.30 bits per heavy atom. The fraction of sp³-hybridized carbons (Fsp3) is 0.455. The number of rotatable bonds is 4. The molecular weight excluding hydrogens is 315 g/mol. The van der Waals surface area contributed by atoms with Crippen molar-refractivity contribution < 1.29 is 22.5 Å². The van der Waals surface area contributed by atoms with E-state index in [-0.39, 0.29) is 5.02 Å². The molecule has 0 saturated carbocycles. The van der Waals surface area contributed by atoms with Gasteiger partial charge in [0.2, 0.25) is 0 Å². The first kappa shape index (κ1) is 16.9. The lowest BCUT2D eigenvalue weighted by atomic mass is 10.1. The van der Waals surface area contributed by atoms with Crippen molar-refractivity contribution >= 4 is 25.6 Å². The zero-order chi connectivity index (χ0) is 15.7. The second kappa shape index (κ2) is 5.70. The van der Waals surface area contributed by atoms with E-state index in [2.05, 4.69) is 0 Å². The Hall–Kier alpha value is -1.12. The lowest BCUT2D eigenvalue weighted by Crippen LogP contribution is -2.35. The molecule has 0 N–H and O–H groups in total. The van der Waals surface area contributed by atoms with Gasteiger partial charge < -0.3 is 4.43 Å². The quantitative estimate of drug-likeness (QED) is 0.457. The van der Waals surface area contributed by atoms with Gasteiger partial charge in [-0.25, -0.2) is 0 Å². The highest BCUT2D eigenvalue weighted by Crippen LogP contribution is 2.41. The molecule has 1 aromatic carbocycles. The number of nitrogens with zero attached hydrogens (tertiary/aromatic N) is 1. The van der Waals surface area contributed by atoms with Gasteiger partial charge in [0.05, 0.1) is 4.92 Å². The van der Waals surface area contributed by atoms with Gasteiger partial charge in [-0.3, -0.25) is 10.1 Å². The van der Waals surface area contributed by atoms with Crippen molar-refractivity contribution in [2.75, 3.05) is 0 Å². The monoisotopic (exact) mass is 327 g/mol. The Morgan fingerprint density at radius 2 is 1.90 bits per heavy atom. The van der Waals surface area contributed by atoms with Gasteiger partial charge in [0.25, 0.3) is 5.69 Å². The van der Waals surface area contributed by atoms with Gasteiger partial charge in [0, 0.05) is 22.7 Å². The van der Waals surface area contributed by atoms with Gasteiger partial charge in [0.15, 0.2) is 14.4 Å². The van der Waals surface area contributed by atoms with Crippen LogP contribution in [0.1, 0.15) is 11.7 Å². The van der Waals surface area contributed by atoms with Crippen LogP contribution in [0.5, 0.6) is 0 Å². The number of benzene rings is 1. The number of nitro benzene ring substituents is 1. The van der Waals surface area contributed by atoms with E-state index in [9.17, 15) is 23.3 Å². The first-order chi connectivity index (χ1) is 8.92. The zero-order valence-electron chi connectivity index (χ0n) is 11.0. The van der Waals surface area contributed by atoms with E-state index < -0.39 is 36.8 Å². The van der Waals surface area contributed by atoms with E-state index in [1.165, 1.54) is 0 Å². The van der Waals surface area contributed by atoms with Crippen LogP contribution in [0.15, 0.2) is 18.2 Å². The molecule has 112 valence electrons. The lowest BCUT2D eigenvalue weighted by Gasteiger charge is -2.28. The number of halogens is 4. The zero-order valence-corrected chi connectivity index (χ0v) is 12.7. The first-order valence-corrected chi connectivity index (χ1v) is 9.39. The van der Waals surface area contributed by atoms with Crippen LogP contribution in [-0.4, -0.2) is 19.4 Å². The molecule has 0 aliphatic rings. The highest BCUT2D eigenvalue weighted by molar-refractivity contribution is 6.69. The summed E-state index contributed by atoms with van der Waals surface area (Å²) in [6, 6.07) is 2.93. The molecule has 1 atom stereocenters. The third-order valence-electron chi connectivity index (χ3n) is 2.24. The van der Waals surface area contributed by atoms with Crippen molar-refractivity contribution in [1.29, 1.82) is 0 Å². The predicted molar refractivity (Wildman–Crippen MR) is 71.3 cm³/mol. The largest absolute Gasteiger partial charge is 0.417 e. The molecule has 9 heteroatoms. The molecule has 20 heavy (non-hydrogen) atoms. The molecule has 1 rings (SSSR count). The third-order valence-corrected chi connectivity index (χ3v) is 3.53. The smallest absolute Gasteiger partial charge is 0.403 e. The van der Waals surface area contributed by atoms with Crippen molar-refractivity contribution in [3.63, 3.8) is 0 Å². The molecule has 1 unspecified atom stereocenters. The van der Waals surface area contributed by atoms with E-state index in [1.54, 1.807) is 19.6 Å². The van der Waals surface area contributed by atoms with Crippen LogP contribution in [0.4, 0.5) is 18.9 Å². The molecule has 0 amide bonds. The summed E-state index contributed by atoms with van der Waals surface area (Å²) in [5.41, 5.74) is -0.895. The number of non-ortho nitro benzene ring substituents is 1. The molecule has 0 aliphatic carbocycles. The van der Waals surface area contributed by atoms with Crippen LogP contribution in [0.2, 0.25) is 24.7 Å². The minimum atomic E-state index is -4.70. The van der Waals surface area contributed by atoms with Crippen LogP contribution < -0.4 is 0 Å². The Bertz CT molecular complexity index is 517. The number of hydrogen-bond acceptors (Lipinski definition) is 3. The van der Waals surface area contributed by atoms with Gasteiger partial charge in [-0.05, 0) is 25.7 Å². The number of alkyl halides is 3. The van der Waals surface area contributed by atoms with E-state index in [4.69, 9.17) is 16.0 Å². The molecule has 0 spiro atoms. The Kier molecular flexibility index (Phi) is 4.83. The summed E-state index contributed by atoms with van der Waals surface area (Å²) < 4.78 is 44.5. The summed E-state index contributed by atoms with van der Waals surface area (Å²) in [5, 5.41) is 10.5. The van der Waals surface area contributed by atoms with Gasteiger partial charge in [-0.15, -0.1) is 0 Å². The first-order valence-electron chi connectivity index (χ1n) is 5.60. The standard InChI is InChI=1S/C11H13ClF3NO3Si/c1-20(2,3)19-10(11(13,14)15)8-6-7(16(17)18)4-5-9(8)12/h4-6,10H,1-3H3. The third kappa shape index (κ3) is 4.46. The summed E-state index contributed by atoms with van der Waals surface area (Å²) in [5.74, 6) is 0. The SMILES string of the molecule is C[Si](C)(C)OC(c1cc([N+](=O)[O-])ccc1Cl)C(F)(F)F. The molecular formula is C11H13ClF3NO3Si. The fourth-order valence-electron chi connectivity index (χ4n) is 1.51.